The Morgan fingerprint density at radius 1 is 1.42 bits per heavy atom. The van der Waals surface area contributed by atoms with E-state index < -0.39 is 5.60 Å². The molecular weight excluding hydrogens is 238 g/mol. The molecular formula is C16H23NO2. The van der Waals surface area contributed by atoms with Gasteiger partial charge in [-0.1, -0.05) is 37.3 Å². The first-order valence-corrected chi connectivity index (χ1v) is 7.05. The third-order valence-electron chi connectivity index (χ3n) is 4.14. The molecule has 19 heavy (non-hydrogen) atoms. The first-order valence-electron chi connectivity index (χ1n) is 7.05. The lowest BCUT2D eigenvalue weighted by Gasteiger charge is -2.44. The third-order valence-corrected chi connectivity index (χ3v) is 4.14. The second-order valence-electron chi connectivity index (χ2n) is 5.47. The Bertz CT molecular complexity index is 432. The lowest BCUT2D eigenvalue weighted by molar-refractivity contribution is -0.168. The van der Waals surface area contributed by atoms with Crippen molar-refractivity contribution in [3.05, 3.63) is 35.9 Å². The molecule has 1 aromatic rings. The topological polar surface area (TPSA) is 29.5 Å². The SMILES string of the molecule is CCC(=O)O[C@]1(c2ccccc2)CCN(C)[C@@H](C)C1. The van der Waals surface area contributed by atoms with Crippen molar-refractivity contribution >= 4 is 5.97 Å². The molecule has 0 amide bonds. The Morgan fingerprint density at radius 3 is 2.68 bits per heavy atom. The van der Waals surface area contributed by atoms with Gasteiger partial charge in [0, 0.05) is 31.8 Å². The second-order valence-corrected chi connectivity index (χ2v) is 5.47. The molecule has 0 saturated carbocycles. The van der Waals surface area contributed by atoms with Crippen molar-refractivity contribution in [3.8, 4) is 0 Å². The Morgan fingerprint density at radius 2 is 2.11 bits per heavy atom. The van der Waals surface area contributed by atoms with E-state index in [1.165, 1.54) is 0 Å². The molecule has 104 valence electrons. The molecule has 0 bridgehead atoms. The smallest absolute Gasteiger partial charge is 0.306 e. The van der Waals surface area contributed by atoms with Gasteiger partial charge in [0.25, 0.3) is 0 Å². The van der Waals surface area contributed by atoms with E-state index >= 15 is 0 Å². The van der Waals surface area contributed by atoms with Crippen LogP contribution in [0.2, 0.25) is 0 Å². The number of rotatable bonds is 3. The summed E-state index contributed by atoms with van der Waals surface area (Å²) in [6.07, 6.45) is 2.15. The molecule has 1 aliphatic rings. The highest BCUT2D eigenvalue weighted by atomic mass is 16.6. The molecule has 0 aromatic heterocycles. The maximum absolute atomic E-state index is 11.8. The maximum Gasteiger partial charge on any atom is 0.306 e. The van der Waals surface area contributed by atoms with Crippen LogP contribution in [0.3, 0.4) is 0 Å². The molecule has 0 radical (unpaired) electrons. The summed E-state index contributed by atoms with van der Waals surface area (Å²) in [7, 11) is 2.13. The summed E-state index contributed by atoms with van der Waals surface area (Å²) in [5.74, 6) is -0.111. The number of carbonyl (C=O) groups excluding carboxylic acids is 1. The summed E-state index contributed by atoms with van der Waals surface area (Å²) in [6, 6.07) is 10.6. The molecule has 1 aromatic carbocycles. The van der Waals surface area contributed by atoms with Crippen LogP contribution in [-0.4, -0.2) is 30.5 Å². The van der Waals surface area contributed by atoms with Crippen molar-refractivity contribution < 1.29 is 9.53 Å². The Balaban J connectivity index is 2.31. The van der Waals surface area contributed by atoms with Gasteiger partial charge in [0.05, 0.1) is 0 Å². The van der Waals surface area contributed by atoms with Crippen molar-refractivity contribution in [2.24, 2.45) is 0 Å². The van der Waals surface area contributed by atoms with Crippen molar-refractivity contribution in [2.45, 2.75) is 44.8 Å². The largest absolute Gasteiger partial charge is 0.454 e. The summed E-state index contributed by atoms with van der Waals surface area (Å²) in [5, 5.41) is 0. The molecule has 1 aliphatic heterocycles. The van der Waals surface area contributed by atoms with Crippen LogP contribution >= 0.6 is 0 Å². The summed E-state index contributed by atoms with van der Waals surface area (Å²) in [5.41, 5.74) is 0.678. The quantitative estimate of drug-likeness (QED) is 0.783. The summed E-state index contributed by atoms with van der Waals surface area (Å²) in [6.45, 7) is 4.99. The molecule has 0 N–H and O–H groups in total. The normalized spacial score (nSPS) is 28.1. The monoisotopic (exact) mass is 261 g/mol. The molecule has 1 saturated heterocycles. The van der Waals surface area contributed by atoms with E-state index in [0.717, 1.165) is 24.9 Å². The minimum Gasteiger partial charge on any atom is -0.454 e. The molecule has 1 heterocycles. The summed E-state index contributed by atoms with van der Waals surface area (Å²) < 4.78 is 5.87. The van der Waals surface area contributed by atoms with Crippen molar-refractivity contribution in [3.63, 3.8) is 0 Å². The number of esters is 1. The van der Waals surface area contributed by atoms with Crippen LogP contribution in [0.15, 0.2) is 30.3 Å². The molecule has 0 spiro atoms. The minimum atomic E-state index is -0.444. The number of ether oxygens (including phenoxy) is 1. The average Bonchev–Trinajstić information content (AvgIpc) is 2.44. The van der Waals surface area contributed by atoms with Crippen LogP contribution < -0.4 is 0 Å². The average molecular weight is 261 g/mol. The summed E-state index contributed by atoms with van der Waals surface area (Å²) >= 11 is 0. The zero-order valence-electron chi connectivity index (χ0n) is 12.1. The summed E-state index contributed by atoms with van der Waals surface area (Å²) in [4.78, 5) is 14.1. The zero-order valence-corrected chi connectivity index (χ0v) is 12.1. The molecule has 0 aliphatic carbocycles. The molecule has 3 heteroatoms. The van der Waals surface area contributed by atoms with Gasteiger partial charge < -0.3 is 9.64 Å². The molecule has 3 nitrogen and oxygen atoms in total. The van der Waals surface area contributed by atoms with E-state index in [1.54, 1.807) is 0 Å². The maximum atomic E-state index is 11.8. The van der Waals surface area contributed by atoms with Crippen LogP contribution in [0.25, 0.3) is 0 Å². The highest BCUT2D eigenvalue weighted by molar-refractivity contribution is 5.69. The highest BCUT2D eigenvalue weighted by Gasteiger charge is 2.41. The van der Waals surface area contributed by atoms with Gasteiger partial charge in [0.15, 0.2) is 0 Å². The van der Waals surface area contributed by atoms with E-state index in [0.29, 0.717) is 12.5 Å². The fraction of sp³-hybridized carbons (Fsp3) is 0.562. The first kappa shape index (κ1) is 14.1. The number of piperidine rings is 1. The van der Waals surface area contributed by atoms with Crippen LogP contribution in [0, 0.1) is 0 Å². The third kappa shape index (κ3) is 2.98. The highest BCUT2D eigenvalue weighted by Crippen LogP contribution is 2.39. The van der Waals surface area contributed by atoms with Crippen LogP contribution in [0.5, 0.6) is 0 Å². The van der Waals surface area contributed by atoms with Gasteiger partial charge in [-0.3, -0.25) is 4.79 Å². The van der Waals surface area contributed by atoms with Crippen molar-refractivity contribution in [2.75, 3.05) is 13.6 Å². The van der Waals surface area contributed by atoms with E-state index in [4.69, 9.17) is 4.74 Å². The van der Waals surface area contributed by atoms with Gasteiger partial charge in [0.1, 0.15) is 5.60 Å². The number of hydrogen-bond acceptors (Lipinski definition) is 3. The Kier molecular flexibility index (Phi) is 4.25. The number of hydrogen-bond donors (Lipinski definition) is 0. The van der Waals surface area contributed by atoms with Crippen molar-refractivity contribution in [1.29, 1.82) is 0 Å². The molecule has 2 atom stereocenters. The predicted molar refractivity (Wildman–Crippen MR) is 75.8 cm³/mol. The molecule has 1 fully saturated rings. The van der Waals surface area contributed by atoms with Gasteiger partial charge in [0.2, 0.25) is 0 Å². The lowest BCUT2D eigenvalue weighted by Crippen LogP contribution is -2.48. The van der Waals surface area contributed by atoms with Gasteiger partial charge in [-0.15, -0.1) is 0 Å². The van der Waals surface area contributed by atoms with Crippen molar-refractivity contribution in [1.82, 2.24) is 4.90 Å². The lowest BCUT2D eigenvalue weighted by atomic mass is 9.81. The van der Waals surface area contributed by atoms with E-state index in [9.17, 15) is 4.79 Å². The van der Waals surface area contributed by atoms with Crippen LogP contribution in [-0.2, 0) is 15.1 Å². The number of carbonyl (C=O) groups is 1. The predicted octanol–water partition coefficient (Wildman–Crippen LogP) is 2.95. The van der Waals surface area contributed by atoms with Gasteiger partial charge in [-0.2, -0.15) is 0 Å². The second kappa shape index (κ2) is 5.74. The number of benzene rings is 1. The Hall–Kier alpha value is -1.35. The van der Waals surface area contributed by atoms with E-state index in [2.05, 4.69) is 31.0 Å². The Labute approximate surface area is 115 Å². The van der Waals surface area contributed by atoms with E-state index in [-0.39, 0.29) is 5.97 Å². The molecule has 0 unspecified atom stereocenters. The van der Waals surface area contributed by atoms with Gasteiger partial charge in [-0.05, 0) is 19.5 Å². The van der Waals surface area contributed by atoms with E-state index in [1.807, 2.05) is 25.1 Å². The van der Waals surface area contributed by atoms with Gasteiger partial charge >= 0.3 is 5.97 Å². The molecule has 2 rings (SSSR count). The standard InChI is InChI=1S/C16H23NO2/c1-4-15(18)19-16(14-8-6-5-7-9-14)10-11-17(3)13(2)12-16/h5-9,13H,4,10-12H2,1-3H3/t13-,16+/m0/s1. The number of likely N-dealkylation sites (tertiary alicyclic amines) is 1. The zero-order chi connectivity index (χ0) is 13.9. The van der Waals surface area contributed by atoms with Crippen LogP contribution in [0.1, 0.15) is 38.7 Å². The number of nitrogens with zero attached hydrogens (tertiary/aromatic N) is 1. The minimum absolute atomic E-state index is 0.111. The fourth-order valence-corrected chi connectivity index (χ4v) is 2.76. The first-order chi connectivity index (χ1) is 9.07. The van der Waals surface area contributed by atoms with Gasteiger partial charge in [-0.25, -0.2) is 0 Å². The fourth-order valence-electron chi connectivity index (χ4n) is 2.76. The van der Waals surface area contributed by atoms with Crippen LogP contribution in [0.4, 0.5) is 0 Å².